The van der Waals surface area contributed by atoms with E-state index in [0.29, 0.717) is 13.2 Å². The van der Waals surface area contributed by atoms with Gasteiger partial charge in [-0.25, -0.2) is 0 Å². The number of fused-ring (bicyclic) bond motifs is 1. The van der Waals surface area contributed by atoms with E-state index in [4.69, 9.17) is 9.47 Å². The lowest BCUT2D eigenvalue weighted by atomic mass is 9.99. The molecule has 19 heavy (non-hydrogen) atoms. The standard InChI is InChI=1S/C15H24N2O2/c1-18-10-11-19-9-8-16-12-14-5-2-4-13-6-3-7-17-15(13)14/h2,4-5,16-17H,3,6-12H2,1H3. The zero-order valence-electron chi connectivity index (χ0n) is 11.7. The molecule has 2 N–H and O–H groups in total. The summed E-state index contributed by atoms with van der Waals surface area (Å²) in [5.41, 5.74) is 4.14. The van der Waals surface area contributed by atoms with Crippen LogP contribution in [0.15, 0.2) is 18.2 Å². The van der Waals surface area contributed by atoms with Gasteiger partial charge in [-0.3, -0.25) is 0 Å². The molecule has 0 saturated carbocycles. The molecule has 0 bridgehead atoms. The third-order valence-electron chi connectivity index (χ3n) is 3.33. The van der Waals surface area contributed by atoms with Crippen molar-refractivity contribution in [3.8, 4) is 0 Å². The average molecular weight is 264 g/mol. The molecule has 1 aromatic carbocycles. The fourth-order valence-corrected chi connectivity index (χ4v) is 2.34. The van der Waals surface area contributed by atoms with Gasteiger partial charge >= 0.3 is 0 Å². The van der Waals surface area contributed by atoms with Gasteiger partial charge in [0.2, 0.25) is 0 Å². The highest BCUT2D eigenvalue weighted by Crippen LogP contribution is 2.25. The second kappa shape index (κ2) is 8.15. The van der Waals surface area contributed by atoms with Crippen molar-refractivity contribution in [1.29, 1.82) is 0 Å². The molecule has 0 fully saturated rings. The minimum absolute atomic E-state index is 0.663. The zero-order valence-corrected chi connectivity index (χ0v) is 11.7. The molecular weight excluding hydrogens is 240 g/mol. The fraction of sp³-hybridized carbons (Fsp3) is 0.600. The molecule has 0 saturated heterocycles. The average Bonchev–Trinajstić information content (AvgIpc) is 2.46. The van der Waals surface area contributed by atoms with E-state index in [-0.39, 0.29) is 0 Å². The molecule has 2 rings (SSSR count). The smallest absolute Gasteiger partial charge is 0.0700 e. The number of benzene rings is 1. The number of para-hydroxylation sites is 1. The van der Waals surface area contributed by atoms with Gasteiger partial charge in [0.15, 0.2) is 0 Å². The summed E-state index contributed by atoms with van der Waals surface area (Å²) in [6, 6.07) is 6.56. The van der Waals surface area contributed by atoms with Gasteiger partial charge in [0.05, 0.1) is 19.8 Å². The van der Waals surface area contributed by atoms with Gasteiger partial charge in [-0.2, -0.15) is 0 Å². The monoisotopic (exact) mass is 264 g/mol. The Labute approximate surface area is 115 Å². The largest absolute Gasteiger partial charge is 0.385 e. The fourth-order valence-electron chi connectivity index (χ4n) is 2.34. The van der Waals surface area contributed by atoms with E-state index in [1.807, 2.05) is 0 Å². The quantitative estimate of drug-likeness (QED) is 0.703. The molecule has 1 aliphatic heterocycles. The molecule has 1 aliphatic rings. The Bertz CT molecular complexity index is 382. The maximum atomic E-state index is 5.42. The Balaban J connectivity index is 1.71. The molecule has 0 spiro atoms. The van der Waals surface area contributed by atoms with Crippen molar-refractivity contribution >= 4 is 5.69 Å². The molecule has 4 nitrogen and oxygen atoms in total. The van der Waals surface area contributed by atoms with Crippen LogP contribution in [0.1, 0.15) is 17.5 Å². The first kappa shape index (κ1) is 14.3. The van der Waals surface area contributed by atoms with Crippen LogP contribution in [-0.4, -0.2) is 40.0 Å². The van der Waals surface area contributed by atoms with Gasteiger partial charge in [-0.1, -0.05) is 18.2 Å². The number of hydrogen-bond donors (Lipinski definition) is 2. The molecular formula is C15H24N2O2. The van der Waals surface area contributed by atoms with Crippen molar-refractivity contribution < 1.29 is 9.47 Å². The molecule has 4 heteroatoms. The number of methoxy groups -OCH3 is 1. The number of nitrogens with one attached hydrogen (secondary N) is 2. The lowest BCUT2D eigenvalue weighted by Gasteiger charge is -2.21. The Morgan fingerprint density at radius 3 is 3.11 bits per heavy atom. The molecule has 0 aliphatic carbocycles. The lowest BCUT2D eigenvalue weighted by molar-refractivity contribution is 0.0719. The molecule has 0 unspecified atom stereocenters. The van der Waals surface area contributed by atoms with Crippen LogP contribution in [0.25, 0.3) is 0 Å². The van der Waals surface area contributed by atoms with Crippen LogP contribution >= 0.6 is 0 Å². The first-order valence-electron chi connectivity index (χ1n) is 7.04. The van der Waals surface area contributed by atoms with E-state index in [2.05, 4.69) is 28.8 Å². The number of hydrogen-bond acceptors (Lipinski definition) is 4. The molecule has 1 heterocycles. The molecule has 0 aromatic heterocycles. The van der Waals surface area contributed by atoms with Gasteiger partial charge in [-0.05, 0) is 24.0 Å². The number of anilines is 1. The van der Waals surface area contributed by atoms with Crippen LogP contribution in [-0.2, 0) is 22.4 Å². The summed E-state index contributed by atoms with van der Waals surface area (Å²) in [7, 11) is 1.69. The highest BCUT2D eigenvalue weighted by Gasteiger charge is 2.11. The van der Waals surface area contributed by atoms with E-state index in [0.717, 1.165) is 26.2 Å². The summed E-state index contributed by atoms with van der Waals surface area (Å²) in [4.78, 5) is 0. The Kier molecular flexibility index (Phi) is 6.14. The Hall–Kier alpha value is -1.10. The van der Waals surface area contributed by atoms with Crippen LogP contribution in [0.3, 0.4) is 0 Å². The topological polar surface area (TPSA) is 42.5 Å². The van der Waals surface area contributed by atoms with Gasteiger partial charge in [0.1, 0.15) is 0 Å². The summed E-state index contributed by atoms with van der Waals surface area (Å²) >= 11 is 0. The third-order valence-corrected chi connectivity index (χ3v) is 3.33. The summed E-state index contributed by atoms with van der Waals surface area (Å²) in [5.74, 6) is 0. The van der Waals surface area contributed by atoms with Crippen LogP contribution < -0.4 is 10.6 Å². The highest BCUT2D eigenvalue weighted by atomic mass is 16.5. The lowest BCUT2D eigenvalue weighted by Crippen LogP contribution is -2.22. The minimum Gasteiger partial charge on any atom is -0.385 e. The van der Waals surface area contributed by atoms with Gasteiger partial charge < -0.3 is 20.1 Å². The first-order valence-corrected chi connectivity index (χ1v) is 7.04. The normalized spacial score (nSPS) is 13.9. The maximum Gasteiger partial charge on any atom is 0.0700 e. The first-order chi connectivity index (χ1) is 9.42. The molecule has 0 atom stereocenters. The predicted molar refractivity (Wildman–Crippen MR) is 77.7 cm³/mol. The minimum atomic E-state index is 0.663. The van der Waals surface area contributed by atoms with Crippen molar-refractivity contribution in [3.63, 3.8) is 0 Å². The summed E-state index contributed by atoms with van der Waals surface area (Å²) in [6.07, 6.45) is 2.42. The van der Waals surface area contributed by atoms with Crippen molar-refractivity contribution in [1.82, 2.24) is 5.32 Å². The van der Waals surface area contributed by atoms with E-state index in [1.165, 1.54) is 29.7 Å². The number of rotatable bonds is 8. The maximum absolute atomic E-state index is 5.42. The Morgan fingerprint density at radius 1 is 1.26 bits per heavy atom. The van der Waals surface area contributed by atoms with Crippen molar-refractivity contribution in [2.45, 2.75) is 19.4 Å². The van der Waals surface area contributed by atoms with E-state index in [9.17, 15) is 0 Å². The van der Waals surface area contributed by atoms with E-state index in [1.54, 1.807) is 7.11 Å². The molecule has 0 amide bonds. The molecule has 0 radical (unpaired) electrons. The zero-order chi connectivity index (χ0) is 13.3. The van der Waals surface area contributed by atoms with Crippen molar-refractivity contribution in [3.05, 3.63) is 29.3 Å². The van der Waals surface area contributed by atoms with Gasteiger partial charge in [0.25, 0.3) is 0 Å². The SMILES string of the molecule is COCCOCCNCc1cccc2c1NCCC2. The number of aryl methyl sites for hydroxylation is 1. The van der Waals surface area contributed by atoms with Crippen LogP contribution in [0.2, 0.25) is 0 Å². The molecule has 106 valence electrons. The summed E-state index contributed by atoms with van der Waals surface area (Å²) in [6.45, 7) is 4.91. The third kappa shape index (κ3) is 4.49. The second-order valence-electron chi connectivity index (χ2n) is 4.76. The van der Waals surface area contributed by atoms with Crippen molar-refractivity contribution in [2.75, 3.05) is 45.3 Å². The Morgan fingerprint density at radius 2 is 2.21 bits per heavy atom. The van der Waals surface area contributed by atoms with Crippen LogP contribution in [0, 0.1) is 0 Å². The van der Waals surface area contributed by atoms with E-state index >= 15 is 0 Å². The molecule has 1 aromatic rings. The second-order valence-corrected chi connectivity index (χ2v) is 4.76. The van der Waals surface area contributed by atoms with Gasteiger partial charge in [0, 0.05) is 32.4 Å². The predicted octanol–water partition coefficient (Wildman–Crippen LogP) is 1.80. The van der Waals surface area contributed by atoms with Crippen molar-refractivity contribution in [2.24, 2.45) is 0 Å². The van der Waals surface area contributed by atoms with Crippen LogP contribution in [0.5, 0.6) is 0 Å². The summed E-state index contributed by atoms with van der Waals surface area (Å²) < 4.78 is 10.3. The van der Waals surface area contributed by atoms with Gasteiger partial charge in [-0.15, -0.1) is 0 Å². The highest BCUT2D eigenvalue weighted by molar-refractivity contribution is 5.59. The summed E-state index contributed by atoms with van der Waals surface area (Å²) in [5, 5.41) is 6.94. The van der Waals surface area contributed by atoms with E-state index < -0.39 is 0 Å². The number of ether oxygens (including phenoxy) is 2. The van der Waals surface area contributed by atoms with Crippen LogP contribution in [0.4, 0.5) is 5.69 Å².